The molecule has 0 fully saturated rings. The van der Waals surface area contributed by atoms with Gasteiger partial charge in [0.2, 0.25) is 0 Å². The lowest BCUT2D eigenvalue weighted by Crippen LogP contribution is -2.25. The molecule has 0 saturated heterocycles. The Hall–Kier alpha value is -2.84. The van der Waals surface area contributed by atoms with Crippen molar-refractivity contribution < 1.29 is 19.0 Å². The summed E-state index contributed by atoms with van der Waals surface area (Å²) in [5.41, 5.74) is 2.92. The van der Waals surface area contributed by atoms with Crippen molar-refractivity contribution in [3.05, 3.63) is 83.4 Å². The topological polar surface area (TPSA) is 44.8 Å². The van der Waals surface area contributed by atoms with Gasteiger partial charge in [-0.15, -0.1) is 0 Å². The summed E-state index contributed by atoms with van der Waals surface area (Å²) in [5, 5.41) is 0.837. The molecule has 0 saturated carbocycles. The SMILES string of the molecule is CCC(CC)(Pc1ccccc1C(C)=O)c1cc(OC)cc(OC)c1OCc1ccccc1. The van der Waals surface area contributed by atoms with Crippen molar-refractivity contribution in [2.75, 3.05) is 14.2 Å². The van der Waals surface area contributed by atoms with Gasteiger partial charge < -0.3 is 14.2 Å². The Bertz CT molecular complexity index is 1070. The van der Waals surface area contributed by atoms with Gasteiger partial charge in [0.1, 0.15) is 12.4 Å². The number of hydrogen-bond acceptors (Lipinski definition) is 4. The van der Waals surface area contributed by atoms with Crippen LogP contribution in [0.1, 0.15) is 55.1 Å². The fourth-order valence-electron chi connectivity index (χ4n) is 4.11. The molecule has 3 aromatic rings. The summed E-state index contributed by atoms with van der Waals surface area (Å²) in [5.74, 6) is 2.20. The van der Waals surface area contributed by atoms with E-state index in [1.807, 2.05) is 54.6 Å². The highest BCUT2D eigenvalue weighted by Crippen LogP contribution is 2.53. The fourth-order valence-corrected chi connectivity index (χ4v) is 5.88. The van der Waals surface area contributed by atoms with Gasteiger partial charge in [0.25, 0.3) is 0 Å². The molecule has 1 unspecified atom stereocenters. The van der Waals surface area contributed by atoms with Crippen LogP contribution in [0.4, 0.5) is 0 Å². The molecule has 0 N–H and O–H groups in total. The number of carbonyl (C=O) groups excluding carboxylic acids is 1. The molecule has 33 heavy (non-hydrogen) atoms. The Morgan fingerprint density at radius 1 is 0.909 bits per heavy atom. The van der Waals surface area contributed by atoms with Crippen molar-refractivity contribution in [1.82, 2.24) is 0 Å². The number of Topliss-reactive ketones (excluding diaryl/α,β-unsaturated/α-hetero) is 1. The van der Waals surface area contributed by atoms with E-state index in [4.69, 9.17) is 14.2 Å². The smallest absolute Gasteiger partial charge is 0.166 e. The molecule has 4 nitrogen and oxygen atoms in total. The number of carbonyl (C=O) groups is 1. The first-order chi connectivity index (χ1) is 16.0. The summed E-state index contributed by atoms with van der Waals surface area (Å²) < 4.78 is 17.8. The minimum absolute atomic E-state index is 0.0861. The van der Waals surface area contributed by atoms with Gasteiger partial charge in [-0.3, -0.25) is 4.79 Å². The van der Waals surface area contributed by atoms with Gasteiger partial charge in [-0.25, -0.2) is 0 Å². The Morgan fingerprint density at radius 3 is 2.18 bits per heavy atom. The van der Waals surface area contributed by atoms with E-state index >= 15 is 0 Å². The lowest BCUT2D eigenvalue weighted by Gasteiger charge is -2.35. The van der Waals surface area contributed by atoms with Gasteiger partial charge in [0.05, 0.1) is 14.2 Å². The highest BCUT2D eigenvalue weighted by Gasteiger charge is 2.35. The Morgan fingerprint density at radius 2 is 1.58 bits per heavy atom. The molecule has 0 radical (unpaired) electrons. The third kappa shape index (κ3) is 5.57. The number of benzene rings is 3. The number of rotatable bonds is 11. The van der Waals surface area contributed by atoms with Crippen LogP contribution in [0.2, 0.25) is 0 Å². The lowest BCUT2D eigenvalue weighted by atomic mass is 9.91. The van der Waals surface area contributed by atoms with E-state index in [0.717, 1.165) is 46.3 Å². The normalized spacial score (nSPS) is 11.5. The Labute approximate surface area is 199 Å². The van der Waals surface area contributed by atoms with Gasteiger partial charge in [-0.1, -0.05) is 77.0 Å². The molecule has 0 bridgehead atoms. The third-order valence-corrected chi connectivity index (χ3v) is 8.27. The van der Waals surface area contributed by atoms with Crippen LogP contribution in [-0.4, -0.2) is 20.0 Å². The molecule has 5 heteroatoms. The van der Waals surface area contributed by atoms with E-state index in [0.29, 0.717) is 20.9 Å². The largest absolute Gasteiger partial charge is 0.497 e. The van der Waals surface area contributed by atoms with Crippen LogP contribution in [0.15, 0.2) is 66.7 Å². The minimum atomic E-state index is -0.237. The molecule has 3 aromatic carbocycles. The summed E-state index contributed by atoms with van der Waals surface area (Å²) >= 11 is 0. The van der Waals surface area contributed by atoms with Crippen molar-refractivity contribution in [3.8, 4) is 17.2 Å². The average molecular weight is 465 g/mol. The average Bonchev–Trinajstić information content (AvgIpc) is 2.86. The molecular formula is C28H33O4P. The predicted molar refractivity (Wildman–Crippen MR) is 137 cm³/mol. The van der Waals surface area contributed by atoms with E-state index in [2.05, 4.69) is 26.0 Å². The van der Waals surface area contributed by atoms with Crippen molar-refractivity contribution in [2.45, 2.75) is 45.4 Å². The zero-order valence-electron chi connectivity index (χ0n) is 20.1. The van der Waals surface area contributed by atoms with E-state index in [-0.39, 0.29) is 10.9 Å². The number of ketones is 1. The lowest BCUT2D eigenvalue weighted by molar-refractivity contribution is 0.101. The molecule has 0 aliphatic carbocycles. The zero-order chi connectivity index (χ0) is 23.8. The van der Waals surface area contributed by atoms with E-state index < -0.39 is 0 Å². The molecule has 3 rings (SSSR count). The highest BCUT2D eigenvalue weighted by molar-refractivity contribution is 7.48. The number of hydrogen-bond donors (Lipinski definition) is 0. The first-order valence-corrected chi connectivity index (χ1v) is 12.3. The molecule has 0 spiro atoms. The van der Waals surface area contributed by atoms with E-state index in [9.17, 15) is 4.79 Å². The summed E-state index contributed by atoms with van der Waals surface area (Å²) in [7, 11) is 3.70. The quantitative estimate of drug-likeness (QED) is 0.240. The summed E-state index contributed by atoms with van der Waals surface area (Å²) in [6.45, 7) is 6.46. The second-order valence-corrected chi connectivity index (χ2v) is 9.74. The molecule has 0 heterocycles. The maximum Gasteiger partial charge on any atom is 0.166 e. The van der Waals surface area contributed by atoms with E-state index in [1.165, 1.54) is 0 Å². The molecule has 174 valence electrons. The maximum atomic E-state index is 12.3. The maximum absolute atomic E-state index is 12.3. The highest BCUT2D eigenvalue weighted by atomic mass is 31.1. The molecule has 0 aliphatic rings. The number of ether oxygens (including phenoxy) is 3. The second-order valence-electron chi connectivity index (χ2n) is 8.00. The zero-order valence-corrected chi connectivity index (χ0v) is 21.1. The monoisotopic (exact) mass is 464 g/mol. The fraction of sp³-hybridized carbons (Fsp3) is 0.321. The Balaban J connectivity index is 2.13. The number of methoxy groups -OCH3 is 2. The van der Waals surface area contributed by atoms with Crippen molar-refractivity contribution in [2.24, 2.45) is 0 Å². The molecule has 0 aromatic heterocycles. The van der Waals surface area contributed by atoms with Crippen LogP contribution >= 0.6 is 8.58 Å². The molecular weight excluding hydrogens is 431 g/mol. The summed E-state index contributed by atoms with van der Waals surface area (Å²) in [6.07, 6.45) is 1.76. The Kier molecular flexibility index (Phi) is 8.52. The predicted octanol–water partition coefficient (Wildman–Crippen LogP) is 6.50. The molecule has 1 atom stereocenters. The van der Waals surface area contributed by atoms with Crippen LogP contribution in [0.3, 0.4) is 0 Å². The van der Waals surface area contributed by atoms with Gasteiger partial charge in [0.15, 0.2) is 17.3 Å². The molecule has 0 amide bonds. The van der Waals surface area contributed by atoms with Gasteiger partial charge in [0, 0.05) is 22.3 Å². The van der Waals surface area contributed by atoms with Crippen LogP contribution < -0.4 is 19.5 Å². The van der Waals surface area contributed by atoms with Crippen LogP contribution in [0.25, 0.3) is 0 Å². The summed E-state index contributed by atoms with van der Waals surface area (Å²) in [4.78, 5) is 12.3. The van der Waals surface area contributed by atoms with Crippen LogP contribution in [0, 0.1) is 0 Å². The van der Waals surface area contributed by atoms with Gasteiger partial charge >= 0.3 is 0 Å². The van der Waals surface area contributed by atoms with Gasteiger partial charge in [-0.05, 0) is 36.7 Å². The minimum Gasteiger partial charge on any atom is -0.497 e. The first kappa shape index (κ1) is 24.8. The van der Waals surface area contributed by atoms with Crippen molar-refractivity contribution >= 4 is 19.7 Å². The molecule has 0 aliphatic heterocycles. The van der Waals surface area contributed by atoms with Gasteiger partial charge in [-0.2, -0.15) is 0 Å². The summed E-state index contributed by atoms with van der Waals surface area (Å²) in [6, 6.07) is 22.0. The second kappa shape index (κ2) is 11.3. The standard InChI is InChI=1S/C28H33O4P/c1-6-28(7-2,33-26-16-12-11-15-23(26)20(3)29)24-17-22(30-4)18-25(31-5)27(24)32-19-21-13-9-8-10-14-21/h8-18,33H,6-7,19H2,1-5H3. The van der Waals surface area contributed by atoms with Crippen molar-refractivity contribution in [1.29, 1.82) is 0 Å². The van der Waals surface area contributed by atoms with E-state index in [1.54, 1.807) is 21.1 Å². The first-order valence-electron chi connectivity index (χ1n) is 11.3. The van der Waals surface area contributed by atoms with Crippen molar-refractivity contribution in [3.63, 3.8) is 0 Å². The van der Waals surface area contributed by atoms with Crippen LogP contribution in [-0.2, 0) is 11.8 Å². The van der Waals surface area contributed by atoms with Crippen LogP contribution in [0.5, 0.6) is 17.2 Å². The third-order valence-electron chi connectivity index (χ3n) is 6.11.